The summed E-state index contributed by atoms with van der Waals surface area (Å²) in [6, 6.07) is 15.3. The lowest BCUT2D eigenvalue weighted by Crippen LogP contribution is -2.59. The smallest absolute Gasteiger partial charge is 0.407 e. The molecule has 0 unspecified atom stereocenters. The molecule has 1 fully saturated rings. The van der Waals surface area contributed by atoms with E-state index in [1.807, 2.05) is 36.4 Å². The van der Waals surface area contributed by atoms with Gasteiger partial charge in [-0.15, -0.1) is 0 Å². The number of fused-ring (bicyclic) bond motifs is 3. The fourth-order valence-electron chi connectivity index (χ4n) is 4.81. The fourth-order valence-corrected chi connectivity index (χ4v) is 4.81. The first-order valence-corrected chi connectivity index (χ1v) is 12.1. The topological polar surface area (TPSA) is 105 Å². The highest BCUT2D eigenvalue weighted by molar-refractivity contribution is 5.91. The molecule has 180 valence electrons. The van der Waals surface area contributed by atoms with Crippen LogP contribution in [0.25, 0.3) is 11.1 Å². The largest absolute Gasteiger partial charge is 0.480 e. The van der Waals surface area contributed by atoms with Crippen molar-refractivity contribution in [2.24, 2.45) is 5.92 Å². The normalized spacial score (nSPS) is 15.7. The number of carboxylic acid groups (broad SMARTS) is 1. The van der Waals surface area contributed by atoms with Crippen LogP contribution in [-0.2, 0) is 14.3 Å². The van der Waals surface area contributed by atoms with E-state index in [1.54, 1.807) is 13.8 Å². The summed E-state index contributed by atoms with van der Waals surface area (Å²) in [5.41, 5.74) is 3.16. The molecular formula is C27H32N2O5. The van der Waals surface area contributed by atoms with Gasteiger partial charge in [0, 0.05) is 5.92 Å². The lowest BCUT2D eigenvalue weighted by Gasteiger charge is -2.30. The lowest BCUT2D eigenvalue weighted by atomic mass is 9.92. The molecule has 1 saturated carbocycles. The molecule has 0 spiro atoms. The summed E-state index contributed by atoms with van der Waals surface area (Å²) in [4.78, 5) is 37.6. The first kappa shape index (κ1) is 23.8. The van der Waals surface area contributed by atoms with Gasteiger partial charge in [0.15, 0.2) is 0 Å². The van der Waals surface area contributed by atoms with Gasteiger partial charge in [-0.3, -0.25) is 4.79 Å². The Balaban J connectivity index is 1.43. The lowest BCUT2D eigenvalue weighted by molar-refractivity contribution is -0.148. The number of carbonyl (C=O) groups is 3. The van der Waals surface area contributed by atoms with Crippen LogP contribution in [0.1, 0.15) is 63.0 Å². The van der Waals surface area contributed by atoms with Crippen LogP contribution in [0.4, 0.5) is 4.79 Å². The first-order valence-electron chi connectivity index (χ1n) is 12.1. The van der Waals surface area contributed by atoms with E-state index in [9.17, 15) is 19.5 Å². The van der Waals surface area contributed by atoms with E-state index >= 15 is 0 Å². The van der Waals surface area contributed by atoms with Crippen molar-refractivity contribution in [2.75, 3.05) is 6.61 Å². The summed E-state index contributed by atoms with van der Waals surface area (Å²) < 4.78 is 5.61. The zero-order chi connectivity index (χ0) is 24.3. The monoisotopic (exact) mass is 464 g/mol. The molecule has 7 nitrogen and oxygen atoms in total. The number of carbonyl (C=O) groups excluding carboxylic acids is 2. The van der Waals surface area contributed by atoms with E-state index in [0.717, 1.165) is 35.1 Å². The second kappa shape index (κ2) is 9.87. The van der Waals surface area contributed by atoms with E-state index in [-0.39, 0.29) is 25.4 Å². The molecule has 1 atom stereocenters. The maximum Gasteiger partial charge on any atom is 0.407 e. The van der Waals surface area contributed by atoms with Crippen LogP contribution >= 0.6 is 0 Å². The Morgan fingerprint density at radius 1 is 1.00 bits per heavy atom. The zero-order valence-corrected chi connectivity index (χ0v) is 19.7. The number of amides is 2. The van der Waals surface area contributed by atoms with Gasteiger partial charge in [0.25, 0.3) is 0 Å². The number of aliphatic carboxylic acids is 1. The Labute approximate surface area is 199 Å². The van der Waals surface area contributed by atoms with Gasteiger partial charge in [0.1, 0.15) is 18.2 Å². The number of ether oxygens (including phenoxy) is 1. The van der Waals surface area contributed by atoms with Gasteiger partial charge in [-0.1, -0.05) is 75.2 Å². The molecule has 0 saturated heterocycles. The minimum absolute atomic E-state index is 0.0753. The molecule has 2 aromatic rings. The predicted octanol–water partition coefficient (Wildman–Crippen LogP) is 4.45. The average molecular weight is 465 g/mol. The molecule has 0 radical (unpaired) electrons. The Bertz CT molecular complexity index is 1030. The molecular weight excluding hydrogens is 432 g/mol. The van der Waals surface area contributed by atoms with Gasteiger partial charge >= 0.3 is 12.1 Å². The second-order valence-electron chi connectivity index (χ2n) is 9.29. The minimum atomic E-state index is -1.35. The van der Waals surface area contributed by atoms with Crippen LogP contribution < -0.4 is 10.6 Å². The number of carboxylic acids is 1. The quantitative estimate of drug-likeness (QED) is 0.482. The van der Waals surface area contributed by atoms with Gasteiger partial charge in [0.2, 0.25) is 5.91 Å². The summed E-state index contributed by atoms with van der Waals surface area (Å²) >= 11 is 0. The van der Waals surface area contributed by atoms with Crippen LogP contribution in [0.15, 0.2) is 48.5 Å². The highest BCUT2D eigenvalue weighted by Gasteiger charge is 2.40. The van der Waals surface area contributed by atoms with Crippen molar-refractivity contribution in [3.8, 4) is 11.1 Å². The van der Waals surface area contributed by atoms with Gasteiger partial charge in [0.05, 0.1) is 0 Å². The first-order chi connectivity index (χ1) is 16.4. The molecule has 0 aromatic heterocycles. The average Bonchev–Trinajstić information content (AvgIpc) is 3.61. The second-order valence-corrected chi connectivity index (χ2v) is 9.29. The third-order valence-corrected chi connectivity index (χ3v) is 7.20. The Morgan fingerprint density at radius 3 is 2.06 bits per heavy atom. The summed E-state index contributed by atoms with van der Waals surface area (Å²) in [5.74, 6) is -1.27. The third kappa shape index (κ3) is 4.79. The maximum absolute atomic E-state index is 13.0. The molecule has 0 heterocycles. The summed E-state index contributed by atoms with van der Waals surface area (Å²) in [6.45, 7) is 3.61. The van der Waals surface area contributed by atoms with Crippen molar-refractivity contribution in [1.82, 2.24) is 10.6 Å². The van der Waals surface area contributed by atoms with Crippen LogP contribution in [0.2, 0.25) is 0 Å². The van der Waals surface area contributed by atoms with Crippen LogP contribution in [0, 0.1) is 5.92 Å². The van der Waals surface area contributed by atoms with E-state index in [1.165, 1.54) is 0 Å². The standard InChI is InChI=1S/C27H32N2O5/c1-3-27(4-2,25(31)32)29-24(30)23(15-17-13-14-17)28-26(33)34-16-22-20-11-7-5-9-18(20)19-10-6-8-12-21(19)22/h5-12,17,22-23H,3-4,13-16H2,1-2H3,(H,28,33)(H,29,30)(H,31,32)/t23-/m0/s1. The highest BCUT2D eigenvalue weighted by atomic mass is 16.5. The van der Waals surface area contributed by atoms with E-state index in [0.29, 0.717) is 12.3 Å². The third-order valence-electron chi connectivity index (χ3n) is 7.20. The molecule has 3 N–H and O–H groups in total. The number of hydrogen-bond acceptors (Lipinski definition) is 4. The van der Waals surface area contributed by atoms with Crippen molar-refractivity contribution in [1.29, 1.82) is 0 Å². The number of rotatable bonds is 10. The molecule has 34 heavy (non-hydrogen) atoms. The van der Waals surface area contributed by atoms with Crippen molar-refractivity contribution < 1.29 is 24.2 Å². The van der Waals surface area contributed by atoms with Crippen molar-refractivity contribution in [3.05, 3.63) is 59.7 Å². The molecule has 2 aromatic carbocycles. The number of hydrogen-bond donors (Lipinski definition) is 3. The van der Waals surface area contributed by atoms with E-state index in [2.05, 4.69) is 22.8 Å². The molecule has 7 heteroatoms. The fraction of sp³-hybridized carbons (Fsp3) is 0.444. The summed E-state index contributed by atoms with van der Waals surface area (Å²) in [7, 11) is 0. The van der Waals surface area contributed by atoms with Crippen LogP contribution in [0.5, 0.6) is 0 Å². The minimum Gasteiger partial charge on any atom is -0.480 e. The van der Waals surface area contributed by atoms with Gasteiger partial charge < -0.3 is 20.5 Å². The summed E-state index contributed by atoms with van der Waals surface area (Å²) in [5, 5.41) is 15.1. The SMILES string of the molecule is CCC(CC)(NC(=O)[C@H](CC1CC1)NC(=O)OCC1c2ccccc2-c2ccccc21)C(=O)O. The predicted molar refractivity (Wildman–Crippen MR) is 128 cm³/mol. The number of nitrogens with one attached hydrogen (secondary N) is 2. The highest BCUT2D eigenvalue weighted by Crippen LogP contribution is 2.44. The van der Waals surface area contributed by atoms with Gasteiger partial charge in [-0.05, 0) is 47.4 Å². The molecule has 2 amide bonds. The molecule has 0 bridgehead atoms. The van der Waals surface area contributed by atoms with Crippen LogP contribution in [-0.4, -0.2) is 41.3 Å². The van der Waals surface area contributed by atoms with Gasteiger partial charge in [-0.25, -0.2) is 9.59 Å². The Kier molecular flexibility index (Phi) is 6.91. The Morgan fingerprint density at radius 2 is 1.56 bits per heavy atom. The number of alkyl carbamates (subject to hydrolysis) is 1. The number of benzene rings is 2. The molecule has 2 aliphatic carbocycles. The zero-order valence-electron chi connectivity index (χ0n) is 19.7. The van der Waals surface area contributed by atoms with Crippen LogP contribution in [0.3, 0.4) is 0 Å². The molecule has 2 aliphatic rings. The van der Waals surface area contributed by atoms with Crippen molar-refractivity contribution in [2.45, 2.75) is 63.5 Å². The Hall–Kier alpha value is -3.35. The van der Waals surface area contributed by atoms with Gasteiger partial charge in [-0.2, -0.15) is 0 Å². The molecule has 0 aliphatic heterocycles. The van der Waals surface area contributed by atoms with Crippen molar-refractivity contribution in [3.63, 3.8) is 0 Å². The van der Waals surface area contributed by atoms with E-state index < -0.39 is 29.6 Å². The maximum atomic E-state index is 13.0. The summed E-state index contributed by atoms with van der Waals surface area (Å²) in [6.07, 6.45) is 2.32. The van der Waals surface area contributed by atoms with Crippen molar-refractivity contribution >= 4 is 18.0 Å². The van der Waals surface area contributed by atoms with E-state index in [4.69, 9.17) is 4.74 Å². The molecule has 4 rings (SSSR count).